The zero-order valence-corrected chi connectivity index (χ0v) is 11.1. The molecule has 1 atom stereocenters. The maximum Gasteiger partial charge on any atom is 0.243 e. The molecule has 3 N–H and O–H groups in total. The zero-order chi connectivity index (χ0) is 13.8. The van der Waals surface area contributed by atoms with E-state index in [1.54, 1.807) is 0 Å². The zero-order valence-electron chi connectivity index (χ0n) is 10.3. The predicted octanol–water partition coefficient (Wildman–Crippen LogP) is 1.11. The third-order valence-electron chi connectivity index (χ3n) is 2.48. The van der Waals surface area contributed by atoms with Crippen LogP contribution in [0.1, 0.15) is 13.3 Å². The van der Waals surface area contributed by atoms with Crippen LogP contribution in [0.3, 0.4) is 0 Å². The Hall–Kier alpha value is -1.18. The van der Waals surface area contributed by atoms with E-state index in [4.69, 9.17) is 10.5 Å². The molecule has 102 valence electrons. The average Bonchev–Trinajstić information content (AvgIpc) is 2.31. The summed E-state index contributed by atoms with van der Waals surface area (Å²) in [6.45, 7) is 2.06. The Bertz CT molecular complexity index is 505. The van der Waals surface area contributed by atoms with Gasteiger partial charge in [-0.2, -0.15) is 0 Å². The van der Waals surface area contributed by atoms with E-state index in [0.717, 1.165) is 6.07 Å². The number of rotatable bonds is 6. The minimum Gasteiger partial charge on any atom is -0.395 e. The molecule has 0 amide bonds. The lowest BCUT2D eigenvalue weighted by Crippen LogP contribution is -2.37. The van der Waals surface area contributed by atoms with Crippen LogP contribution >= 0.6 is 0 Å². The molecule has 0 fully saturated rings. The topological polar surface area (TPSA) is 81.4 Å². The number of benzene rings is 1. The third-order valence-corrected chi connectivity index (χ3v) is 4.06. The van der Waals surface area contributed by atoms with Crippen LogP contribution in [0.4, 0.5) is 10.1 Å². The first kappa shape index (κ1) is 14.9. The third kappa shape index (κ3) is 3.41. The first-order valence-corrected chi connectivity index (χ1v) is 6.96. The molecule has 0 aromatic heterocycles. The molecule has 0 aliphatic carbocycles. The van der Waals surface area contributed by atoms with Crippen LogP contribution in [-0.4, -0.2) is 28.2 Å². The van der Waals surface area contributed by atoms with E-state index in [-0.39, 0.29) is 23.2 Å². The number of sulfonamides is 1. The molecule has 0 aliphatic rings. The molecular formula is C11H17FN2O3S. The fourth-order valence-corrected chi connectivity index (χ4v) is 2.92. The molecule has 0 aliphatic heterocycles. The summed E-state index contributed by atoms with van der Waals surface area (Å²) in [5.74, 6) is -0.752. The highest BCUT2D eigenvalue weighted by molar-refractivity contribution is 7.89. The van der Waals surface area contributed by atoms with Gasteiger partial charge in [0.15, 0.2) is 0 Å². The van der Waals surface area contributed by atoms with Gasteiger partial charge < -0.3 is 10.5 Å². The number of nitrogens with two attached hydrogens (primary N) is 1. The lowest BCUT2D eigenvalue weighted by molar-refractivity contribution is 0.173. The number of para-hydroxylation sites is 1. The van der Waals surface area contributed by atoms with Crippen LogP contribution in [-0.2, 0) is 14.8 Å². The van der Waals surface area contributed by atoms with E-state index in [1.807, 2.05) is 6.92 Å². The van der Waals surface area contributed by atoms with E-state index in [2.05, 4.69) is 4.72 Å². The second kappa shape index (κ2) is 6.12. The van der Waals surface area contributed by atoms with Gasteiger partial charge in [-0.1, -0.05) is 13.0 Å². The van der Waals surface area contributed by atoms with Gasteiger partial charge in [-0.05, 0) is 18.6 Å². The summed E-state index contributed by atoms with van der Waals surface area (Å²) in [7, 11) is -2.36. The van der Waals surface area contributed by atoms with Crippen LogP contribution in [0.15, 0.2) is 23.1 Å². The van der Waals surface area contributed by atoms with Gasteiger partial charge in [0.05, 0.1) is 12.3 Å². The van der Waals surface area contributed by atoms with Gasteiger partial charge >= 0.3 is 0 Å². The number of nitrogens with one attached hydrogen (secondary N) is 1. The van der Waals surface area contributed by atoms with Gasteiger partial charge in [0, 0.05) is 13.2 Å². The highest BCUT2D eigenvalue weighted by Gasteiger charge is 2.22. The van der Waals surface area contributed by atoms with Crippen molar-refractivity contribution in [3.05, 3.63) is 24.0 Å². The van der Waals surface area contributed by atoms with Crippen molar-refractivity contribution in [2.24, 2.45) is 0 Å². The van der Waals surface area contributed by atoms with Crippen LogP contribution in [0.5, 0.6) is 0 Å². The maximum absolute atomic E-state index is 13.2. The van der Waals surface area contributed by atoms with Crippen LogP contribution in [0.25, 0.3) is 0 Å². The van der Waals surface area contributed by atoms with Crippen molar-refractivity contribution in [1.29, 1.82) is 0 Å². The summed E-state index contributed by atoms with van der Waals surface area (Å²) >= 11 is 0. The second-order valence-electron chi connectivity index (χ2n) is 3.83. The molecule has 18 heavy (non-hydrogen) atoms. The summed E-state index contributed by atoms with van der Waals surface area (Å²) in [6.07, 6.45) is 0.558. The smallest absolute Gasteiger partial charge is 0.243 e. The van der Waals surface area contributed by atoms with Crippen molar-refractivity contribution < 1.29 is 17.5 Å². The SMILES string of the molecule is CCC(COC)NS(=O)(=O)c1cccc(F)c1N. The number of ether oxygens (including phenoxy) is 1. The summed E-state index contributed by atoms with van der Waals surface area (Å²) in [5.41, 5.74) is 5.06. The van der Waals surface area contributed by atoms with E-state index in [9.17, 15) is 12.8 Å². The van der Waals surface area contributed by atoms with Crippen LogP contribution in [0, 0.1) is 5.82 Å². The highest BCUT2D eigenvalue weighted by Crippen LogP contribution is 2.21. The predicted molar refractivity (Wildman–Crippen MR) is 67.1 cm³/mol. The lowest BCUT2D eigenvalue weighted by atomic mass is 10.3. The first-order valence-electron chi connectivity index (χ1n) is 5.47. The summed E-state index contributed by atoms with van der Waals surface area (Å²) in [5, 5.41) is 0. The van der Waals surface area contributed by atoms with E-state index in [0.29, 0.717) is 6.42 Å². The van der Waals surface area contributed by atoms with Crippen molar-refractivity contribution in [1.82, 2.24) is 4.72 Å². The van der Waals surface area contributed by atoms with Crippen LogP contribution in [0.2, 0.25) is 0 Å². The van der Waals surface area contributed by atoms with Crippen molar-refractivity contribution in [2.75, 3.05) is 19.5 Å². The second-order valence-corrected chi connectivity index (χ2v) is 5.52. The summed E-state index contributed by atoms with van der Waals surface area (Å²) in [6, 6.07) is 3.31. The van der Waals surface area contributed by atoms with Crippen molar-refractivity contribution in [2.45, 2.75) is 24.3 Å². The van der Waals surface area contributed by atoms with E-state index < -0.39 is 15.8 Å². The molecule has 1 unspecified atom stereocenters. The molecule has 7 heteroatoms. The van der Waals surface area contributed by atoms with Gasteiger partial charge in [-0.25, -0.2) is 17.5 Å². The Balaban J connectivity index is 3.03. The molecule has 0 spiro atoms. The van der Waals surface area contributed by atoms with Crippen LogP contribution < -0.4 is 10.5 Å². The molecule has 0 radical (unpaired) electrons. The fourth-order valence-electron chi connectivity index (χ4n) is 1.47. The summed E-state index contributed by atoms with van der Waals surface area (Å²) < 4.78 is 44.6. The number of hydrogen-bond acceptors (Lipinski definition) is 4. The Morgan fingerprint density at radius 3 is 2.72 bits per heavy atom. The Kier molecular flexibility index (Phi) is 5.06. The number of halogens is 1. The van der Waals surface area contributed by atoms with Gasteiger partial charge in [0.25, 0.3) is 0 Å². The molecule has 0 saturated heterocycles. The van der Waals surface area contributed by atoms with Gasteiger partial charge in [0.2, 0.25) is 10.0 Å². The van der Waals surface area contributed by atoms with Crippen molar-refractivity contribution in [3.8, 4) is 0 Å². The van der Waals surface area contributed by atoms with Gasteiger partial charge in [-0.3, -0.25) is 0 Å². The number of nitrogen functional groups attached to an aromatic ring is 1. The lowest BCUT2D eigenvalue weighted by Gasteiger charge is -2.17. The number of methoxy groups -OCH3 is 1. The van der Waals surface area contributed by atoms with E-state index >= 15 is 0 Å². The molecular weight excluding hydrogens is 259 g/mol. The molecule has 0 saturated carbocycles. The standard InChI is InChI=1S/C11H17FN2O3S/c1-3-8(7-17-2)14-18(15,16)10-6-4-5-9(12)11(10)13/h4-6,8,14H,3,7,13H2,1-2H3. The molecule has 1 rings (SSSR count). The molecule has 1 aromatic carbocycles. The Morgan fingerprint density at radius 2 is 2.17 bits per heavy atom. The number of anilines is 1. The van der Waals surface area contributed by atoms with E-state index in [1.165, 1.54) is 19.2 Å². The van der Waals surface area contributed by atoms with Gasteiger partial charge in [0.1, 0.15) is 10.7 Å². The molecule has 0 bridgehead atoms. The molecule has 5 nitrogen and oxygen atoms in total. The van der Waals surface area contributed by atoms with Gasteiger partial charge in [-0.15, -0.1) is 0 Å². The number of hydrogen-bond donors (Lipinski definition) is 2. The minimum absolute atomic E-state index is 0.241. The Labute approximate surface area is 106 Å². The van der Waals surface area contributed by atoms with Crippen molar-refractivity contribution in [3.63, 3.8) is 0 Å². The fraction of sp³-hybridized carbons (Fsp3) is 0.455. The normalized spacial score (nSPS) is 13.5. The Morgan fingerprint density at radius 1 is 1.50 bits per heavy atom. The molecule has 1 aromatic rings. The largest absolute Gasteiger partial charge is 0.395 e. The maximum atomic E-state index is 13.2. The minimum atomic E-state index is -3.84. The highest BCUT2D eigenvalue weighted by atomic mass is 32.2. The quantitative estimate of drug-likeness (QED) is 0.763. The first-order chi connectivity index (χ1) is 8.42. The average molecular weight is 276 g/mol. The van der Waals surface area contributed by atoms with Crippen molar-refractivity contribution >= 4 is 15.7 Å². The molecule has 0 heterocycles. The monoisotopic (exact) mass is 276 g/mol. The summed E-state index contributed by atoms with van der Waals surface area (Å²) in [4.78, 5) is -0.253.